The first-order valence-electron chi connectivity index (χ1n) is 11.3. The molecule has 7 heteroatoms. The van der Waals surface area contributed by atoms with E-state index in [1.54, 1.807) is 29.2 Å². The molecule has 1 unspecified atom stereocenters. The lowest BCUT2D eigenvalue weighted by Gasteiger charge is -2.20. The second-order valence-corrected chi connectivity index (χ2v) is 8.72. The molecule has 1 aromatic heterocycles. The van der Waals surface area contributed by atoms with Crippen LogP contribution in [0.25, 0.3) is 11.0 Å². The fourth-order valence-electron chi connectivity index (χ4n) is 4.51. The van der Waals surface area contributed by atoms with Crippen molar-refractivity contribution < 1.29 is 14.3 Å². The molecule has 1 saturated heterocycles. The lowest BCUT2D eigenvalue weighted by atomic mass is 10.1. The van der Waals surface area contributed by atoms with Crippen LogP contribution in [0.5, 0.6) is 5.75 Å². The van der Waals surface area contributed by atoms with Gasteiger partial charge >= 0.3 is 0 Å². The molecule has 1 aliphatic rings. The van der Waals surface area contributed by atoms with Crippen molar-refractivity contribution in [3.8, 4) is 5.75 Å². The molecule has 1 amide bonds. The number of hydrogen-bond donors (Lipinski definition) is 0. The van der Waals surface area contributed by atoms with Crippen LogP contribution in [0.2, 0.25) is 5.02 Å². The Morgan fingerprint density at radius 3 is 2.59 bits per heavy atom. The molecule has 2 heterocycles. The summed E-state index contributed by atoms with van der Waals surface area (Å²) in [7, 11) is 0. The van der Waals surface area contributed by atoms with Gasteiger partial charge in [0.2, 0.25) is 5.91 Å². The van der Waals surface area contributed by atoms with E-state index in [0.29, 0.717) is 35.9 Å². The third-order valence-electron chi connectivity index (χ3n) is 6.10. The molecule has 0 saturated carbocycles. The summed E-state index contributed by atoms with van der Waals surface area (Å²) in [5, 5.41) is 0.585. The Hall–Kier alpha value is -3.64. The number of carbonyl (C=O) groups is 2. The average molecular weight is 474 g/mol. The van der Waals surface area contributed by atoms with Crippen molar-refractivity contribution in [2.45, 2.75) is 25.8 Å². The normalized spacial score (nSPS) is 15.8. The maximum Gasteiger partial charge on any atom is 0.227 e. The van der Waals surface area contributed by atoms with Gasteiger partial charge in [-0.2, -0.15) is 0 Å². The number of Topliss-reactive ketones (excluding diaryl/α,β-unsaturated/α-hetero) is 1. The SMILES string of the molecule is CCOc1ccccc1N1CC(c2nc3ccccc3n2CC(=O)c2ccc(Cl)cc2)CC1=O. The van der Waals surface area contributed by atoms with Gasteiger partial charge in [-0.25, -0.2) is 4.98 Å². The zero-order valence-corrected chi connectivity index (χ0v) is 19.5. The lowest BCUT2D eigenvalue weighted by Crippen LogP contribution is -2.25. The van der Waals surface area contributed by atoms with Gasteiger partial charge in [0.05, 0.1) is 29.9 Å². The van der Waals surface area contributed by atoms with E-state index < -0.39 is 0 Å². The molecule has 0 aliphatic carbocycles. The molecule has 6 nitrogen and oxygen atoms in total. The van der Waals surface area contributed by atoms with Crippen molar-refractivity contribution in [1.29, 1.82) is 0 Å². The maximum atomic E-state index is 13.1. The molecule has 0 bridgehead atoms. The summed E-state index contributed by atoms with van der Waals surface area (Å²) < 4.78 is 7.70. The number of ether oxygens (including phenoxy) is 1. The van der Waals surface area contributed by atoms with E-state index >= 15 is 0 Å². The Balaban J connectivity index is 1.49. The topological polar surface area (TPSA) is 64.4 Å². The first kappa shape index (κ1) is 22.2. The van der Waals surface area contributed by atoms with Crippen molar-refractivity contribution >= 4 is 40.0 Å². The maximum absolute atomic E-state index is 13.1. The summed E-state index contributed by atoms with van der Waals surface area (Å²) in [6.45, 7) is 3.05. The number of benzene rings is 3. The summed E-state index contributed by atoms with van der Waals surface area (Å²) in [5.41, 5.74) is 3.03. The molecular weight excluding hydrogens is 450 g/mol. The third-order valence-corrected chi connectivity index (χ3v) is 6.35. The number of fused-ring (bicyclic) bond motifs is 1. The number of aromatic nitrogens is 2. The number of para-hydroxylation sites is 4. The number of amides is 1. The molecule has 34 heavy (non-hydrogen) atoms. The smallest absolute Gasteiger partial charge is 0.227 e. The summed E-state index contributed by atoms with van der Waals surface area (Å²) in [6, 6.07) is 22.2. The number of nitrogens with zero attached hydrogens (tertiary/aromatic N) is 3. The van der Waals surface area contributed by atoms with Crippen LogP contribution in [0.15, 0.2) is 72.8 Å². The number of halogens is 1. The van der Waals surface area contributed by atoms with Crippen molar-refractivity contribution in [3.05, 3.63) is 89.2 Å². The van der Waals surface area contributed by atoms with E-state index in [4.69, 9.17) is 21.3 Å². The van der Waals surface area contributed by atoms with Gasteiger partial charge in [0, 0.05) is 29.5 Å². The van der Waals surface area contributed by atoms with E-state index in [9.17, 15) is 9.59 Å². The van der Waals surface area contributed by atoms with Gasteiger partial charge in [0.15, 0.2) is 5.78 Å². The monoisotopic (exact) mass is 473 g/mol. The Morgan fingerprint density at radius 1 is 1.06 bits per heavy atom. The highest BCUT2D eigenvalue weighted by molar-refractivity contribution is 6.30. The third kappa shape index (κ3) is 4.17. The predicted molar refractivity (Wildman–Crippen MR) is 133 cm³/mol. The van der Waals surface area contributed by atoms with E-state index in [2.05, 4.69) is 0 Å². The molecule has 1 fully saturated rings. The quantitative estimate of drug-likeness (QED) is 0.333. The van der Waals surface area contributed by atoms with Crippen LogP contribution < -0.4 is 9.64 Å². The summed E-state index contributed by atoms with van der Waals surface area (Å²) in [4.78, 5) is 32.8. The second kappa shape index (κ2) is 9.31. The fourth-order valence-corrected chi connectivity index (χ4v) is 4.64. The van der Waals surface area contributed by atoms with Crippen LogP contribution in [0.3, 0.4) is 0 Å². The van der Waals surface area contributed by atoms with Gasteiger partial charge < -0.3 is 14.2 Å². The Kier molecular flexibility index (Phi) is 6.07. The highest BCUT2D eigenvalue weighted by atomic mass is 35.5. The summed E-state index contributed by atoms with van der Waals surface area (Å²) in [6.07, 6.45) is 0.318. The van der Waals surface area contributed by atoms with Crippen LogP contribution in [0.1, 0.15) is 35.4 Å². The van der Waals surface area contributed by atoms with E-state index in [0.717, 1.165) is 22.5 Å². The van der Waals surface area contributed by atoms with E-state index in [-0.39, 0.29) is 24.2 Å². The highest BCUT2D eigenvalue weighted by Crippen LogP contribution is 2.37. The largest absolute Gasteiger partial charge is 0.492 e. The first-order chi connectivity index (χ1) is 16.5. The van der Waals surface area contributed by atoms with Gasteiger partial charge in [-0.1, -0.05) is 35.9 Å². The van der Waals surface area contributed by atoms with Crippen molar-refractivity contribution in [3.63, 3.8) is 0 Å². The van der Waals surface area contributed by atoms with Crippen LogP contribution in [-0.4, -0.2) is 34.4 Å². The Bertz CT molecular complexity index is 1360. The number of imidazole rings is 1. The van der Waals surface area contributed by atoms with Crippen molar-refractivity contribution in [2.75, 3.05) is 18.1 Å². The van der Waals surface area contributed by atoms with Crippen LogP contribution >= 0.6 is 11.6 Å². The average Bonchev–Trinajstić information content (AvgIpc) is 3.40. The van der Waals surface area contributed by atoms with Gasteiger partial charge in [-0.3, -0.25) is 9.59 Å². The number of anilines is 1. The van der Waals surface area contributed by atoms with Crippen molar-refractivity contribution in [1.82, 2.24) is 9.55 Å². The second-order valence-electron chi connectivity index (χ2n) is 8.28. The van der Waals surface area contributed by atoms with Gasteiger partial charge in [-0.05, 0) is 55.5 Å². The molecule has 1 aliphatic heterocycles. The molecule has 172 valence electrons. The van der Waals surface area contributed by atoms with Gasteiger partial charge in [0.1, 0.15) is 11.6 Å². The number of carbonyl (C=O) groups excluding carboxylic acids is 2. The van der Waals surface area contributed by atoms with Gasteiger partial charge in [0.25, 0.3) is 0 Å². The molecule has 0 spiro atoms. The molecule has 4 aromatic rings. The molecule has 0 N–H and O–H groups in total. The van der Waals surface area contributed by atoms with Crippen molar-refractivity contribution in [2.24, 2.45) is 0 Å². The Labute approximate surface area is 202 Å². The van der Waals surface area contributed by atoms with Crippen LogP contribution in [-0.2, 0) is 11.3 Å². The molecule has 0 radical (unpaired) electrons. The zero-order valence-electron chi connectivity index (χ0n) is 18.8. The van der Waals surface area contributed by atoms with Crippen LogP contribution in [0, 0.1) is 0 Å². The fraction of sp³-hybridized carbons (Fsp3) is 0.222. The summed E-state index contributed by atoms with van der Waals surface area (Å²) >= 11 is 5.99. The standard InChI is InChI=1S/C27H24ClN3O3/c1-2-34-25-10-6-5-9-23(25)30-16-19(15-26(30)33)27-29-21-7-3-4-8-22(21)31(27)17-24(32)18-11-13-20(28)14-12-18/h3-14,19H,2,15-17H2,1H3. The summed E-state index contributed by atoms with van der Waals surface area (Å²) in [5.74, 6) is 1.26. The minimum Gasteiger partial charge on any atom is -0.492 e. The number of ketones is 1. The Morgan fingerprint density at radius 2 is 1.79 bits per heavy atom. The van der Waals surface area contributed by atoms with Gasteiger partial charge in [-0.15, -0.1) is 0 Å². The highest BCUT2D eigenvalue weighted by Gasteiger charge is 2.36. The molecule has 1 atom stereocenters. The molecular formula is C27H24ClN3O3. The molecule has 5 rings (SSSR count). The minimum absolute atomic E-state index is 0.0137. The number of hydrogen-bond acceptors (Lipinski definition) is 4. The number of rotatable bonds is 7. The van der Waals surface area contributed by atoms with Crippen LogP contribution in [0.4, 0.5) is 5.69 Å². The predicted octanol–water partition coefficient (Wildman–Crippen LogP) is 5.49. The zero-order chi connectivity index (χ0) is 23.7. The lowest BCUT2D eigenvalue weighted by molar-refractivity contribution is -0.117. The van der Waals surface area contributed by atoms with E-state index in [1.165, 1.54) is 0 Å². The first-order valence-corrected chi connectivity index (χ1v) is 11.7. The molecule has 3 aromatic carbocycles. The van der Waals surface area contributed by atoms with E-state index in [1.807, 2.05) is 60.0 Å². The minimum atomic E-state index is -0.146.